The smallest absolute Gasteiger partial charge is 0.0700 e. The highest BCUT2D eigenvalue weighted by molar-refractivity contribution is 9.09. The van der Waals surface area contributed by atoms with Crippen LogP contribution >= 0.6 is 31.9 Å². The summed E-state index contributed by atoms with van der Waals surface area (Å²) in [5.41, 5.74) is 0. The Labute approximate surface area is 85.1 Å². The third kappa shape index (κ3) is 3.43. The van der Waals surface area contributed by atoms with Gasteiger partial charge in [0.1, 0.15) is 0 Å². The zero-order chi connectivity index (χ0) is 8.10. The Balaban J connectivity index is 2.18. The SMILES string of the molecule is BrCCOC1CCCCC1Br. The predicted octanol–water partition coefficient (Wildman–Crippen LogP) is 3.10. The molecule has 1 nitrogen and oxygen atoms in total. The second-order valence-electron chi connectivity index (χ2n) is 2.90. The van der Waals surface area contributed by atoms with Crippen molar-refractivity contribution in [3.63, 3.8) is 0 Å². The van der Waals surface area contributed by atoms with Crippen LogP contribution in [0.5, 0.6) is 0 Å². The minimum absolute atomic E-state index is 0.460. The molecule has 0 N–H and O–H groups in total. The van der Waals surface area contributed by atoms with E-state index in [9.17, 15) is 0 Å². The van der Waals surface area contributed by atoms with Gasteiger partial charge < -0.3 is 4.74 Å². The molecule has 0 heterocycles. The summed E-state index contributed by atoms with van der Waals surface area (Å²) in [5, 5.41) is 0.948. The number of hydrogen-bond acceptors (Lipinski definition) is 1. The summed E-state index contributed by atoms with van der Waals surface area (Å²) in [6.45, 7) is 0.840. The van der Waals surface area contributed by atoms with E-state index in [0.29, 0.717) is 10.9 Å². The molecule has 66 valence electrons. The number of alkyl halides is 2. The van der Waals surface area contributed by atoms with Crippen LogP contribution in [-0.4, -0.2) is 22.9 Å². The molecule has 11 heavy (non-hydrogen) atoms. The van der Waals surface area contributed by atoms with Gasteiger partial charge in [0.15, 0.2) is 0 Å². The lowest BCUT2D eigenvalue weighted by atomic mass is 9.98. The number of halogens is 2. The minimum Gasteiger partial charge on any atom is -0.376 e. The van der Waals surface area contributed by atoms with Crippen LogP contribution in [0.25, 0.3) is 0 Å². The monoisotopic (exact) mass is 284 g/mol. The van der Waals surface area contributed by atoms with Crippen molar-refractivity contribution in [1.29, 1.82) is 0 Å². The van der Waals surface area contributed by atoms with Crippen molar-refractivity contribution in [3.8, 4) is 0 Å². The summed E-state index contributed by atoms with van der Waals surface area (Å²) in [7, 11) is 0. The van der Waals surface area contributed by atoms with Gasteiger partial charge >= 0.3 is 0 Å². The Bertz CT molecular complexity index is 108. The van der Waals surface area contributed by atoms with Crippen LogP contribution in [0.2, 0.25) is 0 Å². The summed E-state index contributed by atoms with van der Waals surface area (Å²) in [6.07, 6.45) is 5.64. The molecular weight excluding hydrogens is 272 g/mol. The van der Waals surface area contributed by atoms with Crippen LogP contribution < -0.4 is 0 Å². The molecule has 0 aromatic rings. The Kier molecular flexibility index (Phi) is 5.04. The first-order chi connectivity index (χ1) is 5.34. The quantitative estimate of drug-likeness (QED) is 0.724. The molecule has 2 atom stereocenters. The Hall–Kier alpha value is 0.920. The molecule has 0 bridgehead atoms. The molecule has 0 amide bonds. The van der Waals surface area contributed by atoms with E-state index in [-0.39, 0.29) is 0 Å². The normalized spacial score (nSPS) is 32.2. The van der Waals surface area contributed by atoms with E-state index in [2.05, 4.69) is 31.9 Å². The van der Waals surface area contributed by atoms with Crippen molar-refractivity contribution in [1.82, 2.24) is 0 Å². The van der Waals surface area contributed by atoms with Crippen molar-refractivity contribution >= 4 is 31.9 Å². The molecule has 1 saturated carbocycles. The maximum Gasteiger partial charge on any atom is 0.0700 e. The largest absolute Gasteiger partial charge is 0.376 e. The van der Waals surface area contributed by atoms with Crippen LogP contribution in [0.15, 0.2) is 0 Å². The zero-order valence-electron chi connectivity index (χ0n) is 6.56. The van der Waals surface area contributed by atoms with Crippen LogP contribution in [0.3, 0.4) is 0 Å². The average molecular weight is 286 g/mol. The molecule has 2 unspecified atom stereocenters. The summed E-state index contributed by atoms with van der Waals surface area (Å²) < 4.78 is 5.65. The fraction of sp³-hybridized carbons (Fsp3) is 1.00. The van der Waals surface area contributed by atoms with E-state index < -0.39 is 0 Å². The van der Waals surface area contributed by atoms with Crippen LogP contribution in [0, 0.1) is 0 Å². The summed E-state index contributed by atoms with van der Waals surface area (Å²) in [6, 6.07) is 0. The zero-order valence-corrected chi connectivity index (χ0v) is 9.73. The molecule has 0 aliphatic heterocycles. The Morgan fingerprint density at radius 2 is 2.00 bits per heavy atom. The summed E-state index contributed by atoms with van der Waals surface area (Å²) >= 11 is 7.00. The van der Waals surface area contributed by atoms with Gasteiger partial charge in [-0.05, 0) is 12.8 Å². The highest BCUT2D eigenvalue weighted by atomic mass is 79.9. The van der Waals surface area contributed by atoms with Crippen LogP contribution in [0.1, 0.15) is 25.7 Å². The third-order valence-electron chi connectivity index (χ3n) is 2.03. The van der Waals surface area contributed by atoms with E-state index in [1.165, 1.54) is 25.7 Å². The topological polar surface area (TPSA) is 9.23 Å². The molecule has 1 fully saturated rings. The minimum atomic E-state index is 0.460. The van der Waals surface area contributed by atoms with Gasteiger partial charge in [-0.1, -0.05) is 44.7 Å². The van der Waals surface area contributed by atoms with Crippen molar-refractivity contribution in [3.05, 3.63) is 0 Å². The second kappa shape index (κ2) is 5.55. The van der Waals surface area contributed by atoms with E-state index in [4.69, 9.17) is 4.74 Å². The maximum absolute atomic E-state index is 5.65. The molecule has 0 saturated heterocycles. The first kappa shape index (κ1) is 10.0. The summed E-state index contributed by atoms with van der Waals surface area (Å²) in [4.78, 5) is 0.593. The summed E-state index contributed by atoms with van der Waals surface area (Å²) in [5.74, 6) is 0. The predicted molar refractivity (Wildman–Crippen MR) is 54.7 cm³/mol. The van der Waals surface area contributed by atoms with Crippen molar-refractivity contribution in [2.24, 2.45) is 0 Å². The van der Waals surface area contributed by atoms with Gasteiger partial charge in [-0.3, -0.25) is 0 Å². The molecule has 0 radical (unpaired) electrons. The van der Waals surface area contributed by atoms with E-state index >= 15 is 0 Å². The maximum atomic E-state index is 5.65. The van der Waals surface area contributed by atoms with Crippen molar-refractivity contribution in [2.45, 2.75) is 36.6 Å². The van der Waals surface area contributed by atoms with Gasteiger partial charge in [0.2, 0.25) is 0 Å². The van der Waals surface area contributed by atoms with E-state index in [1.807, 2.05) is 0 Å². The standard InChI is InChI=1S/C8H14Br2O/c9-5-6-11-8-4-2-1-3-7(8)10/h7-8H,1-6H2. The third-order valence-corrected chi connectivity index (χ3v) is 3.40. The molecule has 0 aromatic heterocycles. The fourth-order valence-corrected chi connectivity index (χ4v) is 2.36. The van der Waals surface area contributed by atoms with Gasteiger partial charge in [-0.2, -0.15) is 0 Å². The highest BCUT2D eigenvalue weighted by Gasteiger charge is 2.22. The molecule has 3 heteroatoms. The molecule has 1 aliphatic carbocycles. The van der Waals surface area contributed by atoms with Crippen LogP contribution in [0.4, 0.5) is 0 Å². The fourth-order valence-electron chi connectivity index (χ4n) is 1.44. The Morgan fingerprint density at radius 3 is 2.64 bits per heavy atom. The van der Waals surface area contributed by atoms with Gasteiger partial charge in [0.25, 0.3) is 0 Å². The van der Waals surface area contributed by atoms with Crippen molar-refractivity contribution < 1.29 is 4.74 Å². The lowest BCUT2D eigenvalue weighted by Crippen LogP contribution is -2.28. The van der Waals surface area contributed by atoms with Gasteiger partial charge in [-0.25, -0.2) is 0 Å². The molecular formula is C8H14Br2O. The number of ether oxygens (including phenoxy) is 1. The second-order valence-corrected chi connectivity index (χ2v) is 4.87. The van der Waals surface area contributed by atoms with Crippen molar-refractivity contribution in [2.75, 3.05) is 11.9 Å². The Morgan fingerprint density at radius 1 is 1.27 bits per heavy atom. The van der Waals surface area contributed by atoms with Gasteiger partial charge in [0.05, 0.1) is 12.7 Å². The lowest BCUT2D eigenvalue weighted by Gasteiger charge is -2.27. The molecule has 0 spiro atoms. The molecule has 0 aromatic carbocycles. The van der Waals surface area contributed by atoms with Crippen LogP contribution in [-0.2, 0) is 4.74 Å². The lowest BCUT2D eigenvalue weighted by molar-refractivity contribution is 0.0451. The van der Waals surface area contributed by atoms with Gasteiger partial charge in [0, 0.05) is 10.2 Å². The van der Waals surface area contributed by atoms with Gasteiger partial charge in [-0.15, -0.1) is 0 Å². The van der Waals surface area contributed by atoms with E-state index in [1.54, 1.807) is 0 Å². The first-order valence-electron chi connectivity index (χ1n) is 4.16. The number of hydrogen-bond donors (Lipinski definition) is 0. The highest BCUT2D eigenvalue weighted by Crippen LogP contribution is 2.26. The van der Waals surface area contributed by atoms with E-state index in [0.717, 1.165) is 11.9 Å². The molecule has 1 rings (SSSR count). The number of rotatable bonds is 3. The average Bonchev–Trinajstić information content (AvgIpc) is 2.03. The first-order valence-corrected chi connectivity index (χ1v) is 6.20. The molecule has 1 aliphatic rings.